The van der Waals surface area contributed by atoms with Crippen molar-refractivity contribution in [3.8, 4) is 5.75 Å². The molecule has 6 nitrogen and oxygen atoms in total. The highest BCUT2D eigenvalue weighted by Crippen LogP contribution is 2.39. The maximum atomic E-state index is 13.4. The second-order valence-corrected chi connectivity index (χ2v) is 8.05. The minimum Gasteiger partial charge on any atom is -0.507 e. The lowest BCUT2D eigenvalue weighted by Gasteiger charge is -2.27. The van der Waals surface area contributed by atoms with Crippen LogP contribution in [0.1, 0.15) is 37.4 Å². The summed E-state index contributed by atoms with van der Waals surface area (Å²) < 4.78 is 19.0. The first-order valence-electron chi connectivity index (χ1n) is 11.5. The number of rotatable bonds is 11. The highest BCUT2D eigenvalue weighted by Gasteiger charge is 2.45. The van der Waals surface area contributed by atoms with Gasteiger partial charge in [0.15, 0.2) is 0 Å². The number of hydrogen-bond donors (Lipinski definition) is 1. The topological polar surface area (TPSA) is 70.1 Å². The molecule has 1 fully saturated rings. The van der Waals surface area contributed by atoms with E-state index in [9.17, 15) is 19.1 Å². The number of carbonyl (C=O) groups is 2. The van der Waals surface area contributed by atoms with Crippen LogP contribution in [0.3, 0.4) is 0 Å². The first-order chi connectivity index (χ1) is 16.4. The van der Waals surface area contributed by atoms with Crippen LogP contribution >= 0.6 is 0 Å². The Bertz CT molecular complexity index is 1040. The molecule has 1 heterocycles. The minimum absolute atomic E-state index is 0.000734. The van der Waals surface area contributed by atoms with Crippen LogP contribution in [0, 0.1) is 5.82 Å². The van der Waals surface area contributed by atoms with E-state index >= 15 is 0 Å². The highest BCUT2D eigenvalue weighted by atomic mass is 19.1. The quantitative estimate of drug-likeness (QED) is 0.228. The van der Waals surface area contributed by atoms with Gasteiger partial charge >= 0.3 is 0 Å². The number of carbonyl (C=O) groups excluding carboxylic acids is 2. The van der Waals surface area contributed by atoms with Crippen molar-refractivity contribution in [3.05, 3.63) is 83.7 Å². The smallest absolute Gasteiger partial charge is 0.295 e. The Balaban J connectivity index is 2.00. The summed E-state index contributed by atoms with van der Waals surface area (Å²) in [7, 11) is 0. The standard InChI is InChI=1S/C27H31FN2O4/c1-4-18-34-22-14-10-19(11-15-22)24-23(25(31)20-8-12-21(28)13-9-20)26(32)27(33)30(24)17-7-16-29(5-2)6-3/h4,8-15,24,31H,1,5-7,16-18H2,2-3H3/t24-/m0/s1. The van der Waals surface area contributed by atoms with E-state index in [-0.39, 0.29) is 16.9 Å². The Labute approximate surface area is 199 Å². The molecule has 1 saturated heterocycles. The Morgan fingerprint density at radius 3 is 2.35 bits per heavy atom. The molecule has 1 amide bonds. The summed E-state index contributed by atoms with van der Waals surface area (Å²) in [6.45, 7) is 11.1. The van der Waals surface area contributed by atoms with Gasteiger partial charge in [0.05, 0.1) is 11.6 Å². The van der Waals surface area contributed by atoms with Gasteiger partial charge in [0, 0.05) is 12.1 Å². The number of nitrogens with zero attached hydrogens (tertiary/aromatic N) is 2. The van der Waals surface area contributed by atoms with Gasteiger partial charge in [-0.2, -0.15) is 0 Å². The molecule has 1 atom stereocenters. The van der Waals surface area contributed by atoms with Crippen molar-refractivity contribution >= 4 is 17.4 Å². The Morgan fingerprint density at radius 2 is 1.76 bits per heavy atom. The molecule has 0 spiro atoms. The van der Waals surface area contributed by atoms with E-state index in [2.05, 4.69) is 25.3 Å². The fourth-order valence-corrected chi connectivity index (χ4v) is 4.13. The maximum absolute atomic E-state index is 13.4. The summed E-state index contributed by atoms with van der Waals surface area (Å²) in [6.07, 6.45) is 2.32. The number of ketones is 1. The Kier molecular flexibility index (Phi) is 8.60. The lowest BCUT2D eigenvalue weighted by atomic mass is 9.95. The molecule has 34 heavy (non-hydrogen) atoms. The van der Waals surface area contributed by atoms with E-state index in [0.29, 0.717) is 30.9 Å². The summed E-state index contributed by atoms with van der Waals surface area (Å²) >= 11 is 0. The van der Waals surface area contributed by atoms with Crippen molar-refractivity contribution in [2.75, 3.05) is 32.8 Å². The molecule has 1 aliphatic heterocycles. The van der Waals surface area contributed by atoms with E-state index in [1.165, 1.54) is 29.2 Å². The molecule has 0 radical (unpaired) electrons. The zero-order valence-electron chi connectivity index (χ0n) is 19.7. The first kappa shape index (κ1) is 25.2. The highest BCUT2D eigenvalue weighted by molar-refractivity contribution is 6.46. The second-order valence-electron chi connectivity index (χ2n) is 8.05. The van der Waals surface area contributed by atoms with Crippen molar-refractivity contribution in [2.45, 2.75) is 26.3 Å². The Morgan fingerprint density at radius 1 is 1.12 bits per heavy atom. The number of halogens is 1. The molecule has 1 aliphatic rings. The monoisotopic (exact) mass is 466 g/mol. The average molecular weight is 467 g/mol. The molecular formula is C27H31FN2O4. The van der Waals surface area contributed by atoms with Crippen LogP contribution in [0.15, 0.2) is 66.8 Å². The van der Waals surface area contributed by atoms with Gasteiger partial charge in [-0.3, -0.25) is 9.59 Å². The molecule has 1 N–H and O–H groups in total. The lowest BCUT2D eigenvalue weighted by Crippen LogP contribution is -2.33. The molecule has 0 unspecified atom stereocenters. The zero-order chi connectivity index (χ0) is 24.7. The van der Waals surface area contributed by atoms with E-state index < -0.39 is 23.5 Å². The summed E-state index contributed by atoms with van der Waals surface area (Å²) in [5.41, 5.74) is 0.953. The van der Waals surface area contributed by atoms with Crippen LogP contribution in [0.4, 0.5) is 4.39 Å². The molecule has 180 valence electrons. The van der Waals surface area contributed by atoms with Crippen molar-refractivity contribution in [1.82, 2.24) is 9.80 Å². The number of Topliss-reactive ketones (excluding diaryl/α,β-unsaturated/α-hetero) is 1. The summed E-state index contributed by atoms with van der Waals surface area (Å²) in [5.74, 6) is -1.55. The Hall–Kier alpha value is -3.45. The van der Waals surface area contributed by atoms with Crippen LogP contribution in [0.5, 0.6) is 5.75 Å². The number of ether oxygens (including phenoxy) is 1. The van der Waals surface area contributed by atoms with Gasteiger partial charge in [-0.15, -0.1) is 0 Å². The van der Waals surface area contributed by atoms with E-state index in [1.807, 2.05) is 0 Å². The predicted octanol–water partition coefficient (Wildman–Crippen LogP) is 4.54. The fraction of sp³-hybridized carbons (Fsp3) is 0.333. The van der Waals surface area contributed by atoms with Crippen LogP contribution in [-0.4, -0.2) is 59.4 Å². The number of aliphatic hydroxyl groups is 1. The predicted molar refractivity (Wildman–Crippen MR) is 130 cm³/mol. The van der Waals surface area contributed by atoms with Crippen LogP contribution in [0.25, 0.3) is 5.76 Å². The number of hydrogen-bond acceptors (Lipinski definition) is 5. The molecule has 2 aromatic rings. The third kappa shape index (κ3) is 5.54. The minimum atomic E-state index is -0.754. The van der Waals surface area contributed by atoms with Crippen molar-refractivity contribution in [2.24, 2.45) is 0 Å². The number of aliphatic hydroxyl groups excluding tert-OH is 1. The van der Waals surface area contributed by atoms with E-state index in [1.54, 1.807) is 30.3 Å². The van der Waals surface area contributed by atoms with E-state index in [4.69, 9.17) is 4.74 Å². The third-order valence-corrected chi connectivity index (χ3v) is 5.99. The largest absolute Gasteiger partial charge is 0.507 e. The number of benzene rings is 2. The normalized spacial score (nSPS) is 17.4. The summed E-state index contributed by atoms with van der Waals surface area (Å²) in [4.78, 5) is 29.9. The van der Waals surface area contributed by atoms with Crippen LogP contribution in [-0.2, 0) is 9.59 Å². The van der Waals surface area contributed by atoms with Gasteiger partial charge in [-0.05, 0) is 68.0 Å². The molecule has 0 aliphatic carbocycles. The van der Waals surface area contributed by atoms with Gasteiger partial charge < -0.3 is 19.6 Å². The molecule has 0 saturated carbocycles. The summed E-state index contributed by atoms with van der Waals surface area (Å²) in [6, 6.07) is 11.5. The van der Waals surface area contributed by atoms with Crippen LogP contribution < -0.4 is 4.74 Å². The van der Waals surface area contributed by atoms with Gasteiger partial charge in [0.2, 0.25) is 0 Å². The molecule has 0 aromatic heterocycles. The second kappa shape index (κ2) is 11.6. The zero-order valence-corrected chi connectivity index (χ0v) is 19.7. The third-order valence-electron chi connectivity index (χ3n) is 5.99. The van der Waals surface area contributed by atoms with Gasteiger partial charge in [-0.1, -0.05) is 38.6 Å². The molecule has 3 rings (SSSR count). The van der Waals surface area contributed by atoms with Crippen LogP contribution in [0.2, 0.25) is 0 Å². The van der Waals surface area contributed by atoms with Gasteiger partial charge in [0.1, 0.15) is 23.9 Å². The SMILES string of the molecule is C=CCOc1ccc([C@H]2C(=C(O)c3ccc(F)cc3)C(=O)C(=O)N2CCCN(CC)CC)cc1. The fourth-order valence-electron chi connectivity index (χ4n) is 4.13. The van der Waals surface area contributed by atoms with Gasteiger partial charge in [0.25, 0.3) is 11.7 Å². The van der Waals surface area contributed by atoms with Crippen molar-refractivity contribution in [3.63, 3.8) is 0 Å². The van der Waals surface area contributed by atoms with E-state index in [0.717, 1.165) is 19.6 Å². The van der Waals surface area contributed by atoms with Crippen molar-refractivity contribution in [1.29, 1.82) is 0 Å². The molecular weight excluding hydrogens is 435 g/mol. The number of likely N-dealkylation sites (tertiary alicyclic amines) is 1. The first-order valence-corrected chi connectivity index (χ1v) is 11.5. The number of amides is 1. The molecule has 7 heteroatoms. The van der Waals surface area contributed by atoms with Gasteiger partial charge in [-0.25, -0.2) is 4.39 Å². The summed E-state index contributed by atoms with van der Waals surface area (Å²) in [5, 5.41) is 11.0. The van der Waals surface area contributed by atoms with Crippen molar-refractivity contribution < 1.29 is 23.8 Å². The molecule has 2 aromatic carbocycles. The lowest BCUT2D eigenvalue weighted by molar-refractivity contribution is -0.140. The maximum Gasteiger partial charge on any atom is 0.295 e. The average Bonchev–Trinajstić information content (AvgIpc) is 3.10. The molecule has 0 bridgehead atoms.